The quantitative estimate of drug-likeness (QED) is 0.816. The first-order chi connectivity index (χ1) is 8.02. The van der Waals surface area contributed by atoms with Gasteiger partial charge in [-0.2, -0.15) is 5.10 Å². The van der Waals surface area contributed by atoms with Crippen LogP contribution in [0, 0.1) is 13.8 Å². The number of aryl methyl sites for hydroxylation is 2. The highest BCUT2D eigenvalue weighted by atomic mass is 79.9. The highest BCUT2D eigenvalue weighted by molar-refractivity contribution is 9.10. The number of hydrogen-bond acceptors (Lipinski definition) is 2. The summed E-state index contributed by atoms with van der Waals surface area (Å²) in [6.07, 6.45) is 0. The second kappa shape index (κ2) is 6.35. The maximum absolute atomic E-state index is 10.6. The molecule has 2 rings (SSSR count). The van der Waals surface area contributed by atoms with Crippen LogP contribution in [0.1, 0.15) is 28.7 Å². The molecule has 1 N–H and O–H groups in total. The molecule has 0 aliphatic carbocycles. The number of carbonyl (C=O) groups is 1. The second-order valence-corrected chi connectivity index (χ2v) is 4.46. The van der Waals surface area contributed by atoms with E-state index in [2.05, 4.69) is 26.1 Å². The first-order valence-corrected chi connectivity index (χ1v) is 6.04. The number of hydrogen-bond donors (Lipinski definition) is 1. The molecule has 1 aromatic heterocycles. The zero-order chi connectivity index (χ0) is 12.8. The van der Waals surface area contributed by atoms with Gasteiger partial charge in [-0.3, -0.25) is 9.89 Å². The average molecular weight is 295 g/mol. The summed E-state index contributed by atoms with van der Waals surface area (Å²) in [6.45, 7) is 5.49. The molecular formula is C13H15BrN2O. The third kappa shape index (κ3) is 4.15. The van der Waals surface area contributed by atoms with Gasteiger partial charge in [0.05, 0.1) is 10.2 Å². The van der Waals surface area contributed by atoms with Gasteiger partial charge < -0.3 is 0 Å². The van der Waals surface area contributed by atoms with Crippen LogP contribution in [0.3, 0.4) is 0 Å². The van der Waals surface area contributed by atoms with Gasteiger partial charge in [-0.05, 0) is 36.7 Å². The summed E-state index contributed by atoms with van der Waals surface area (Å²) >= 11 is 3.36. The van der Waals surface area contributed by atoms with Gasteiger partial charge in [-0.25, -0.2) is 0 Å². The molecule has 0 unspecified atom stereocenters. The number of benzene rings is 1. The molecule has 0 aliphatic rings. The predicted molar refractivity (Wildman–Crippen MR) is 72.2 cm³/mol. The van der Waals surface area contributed by atoms with Gasteiger partial charge in [0, 0.05) is 11.3 Å². The van der Waals surface area contributed by atoms with E-state index in [1.54, 1.807) is 6.92 Å². The molecule has 0 spiro atoms. The molecule has 1 aromatic carbocycles. The second-order valence-electron chi connectivity index (χ2n) is 3.67. The number of nitrogens with one attached hydrogen (secondary N) is 1. The van der Waals surface area contributed by atoms with E-state index < -0.39 is 0 Å². The van der Waals surface area contributed by atoms with Crippen molar-refractivity contribution in [2.45, 2.75) is 20.8 Å². The first-order valence-electron chi connectivity index (χ1n) is 5.25. The minimum atomic E-state index is 0.121. The number of carbonyl (C=O) groups excluding carboxylic acids is 1. The largest absolute Gasteiger partial charge is 0.295 e. The van der Waals surface area contributed by atoms with Crippen LogP contribution in [-0.2, 0) is 0 Å². The number of halogens is 1. The third-order valence-corrected chi connectivity index (χ3v) is 3.39. The van der Waals surface area contributed by atoms with Crippen molar-refractivity contribution in [2.24, 2.45) is 0 Å². The van der Waals surface area contributed by atoms with Crippen LogP contribution in [-0.4, -0.2) is 16.0 Å². The Morgan fingerprint density at radius 2 is 1.82 bits per heavy atom. The van der Waals surface area contributed by atoms with Gasteiger partial charge in [0.25, 0.3) is 0 Å². The summed E-state index contributed by atoms with van der Waals surface area (Å²) in [5.41, 5.74) is 2.88. The molecule has 17 heavy (non-hydrogen) atoms. The molecule has 1 heterocycles. The van der Waals surface area contributed by atoms with Crippen molar-refractivity contribution in [2.75, 3.05) is 0 Å². The Hall–Kier alpha value is -1.42. The van der Waals surface area contributed by atoms with Crippen molar-refractivity contribution in [3.63, 3.8) is 0 Å². The maximum Gasteiger partial charge on any atom is 0.159 e. The van der Waals surface area contributed by atoms with Gasteiger partial charge in [0.1, 0.15) is 0 Å². The topological polar surface area (TPSA) is 45.8 Å². The molecule has 0 aliphatic heterocycles. The monoisotopic (exact) mass is 294 g/mol. The van der Waals surface area contributed by atoms with E-state index in [-0.39, 0.29) is 5.78 Å². The van der Waals surface area contributed by atoms with Crippen molar-refractivity contribution >= 4 is 21.7 Å². The Bertz CT molecular complexity index is 472. The number of aromatic nitrogens is 2. The van der Waals surface area contributed by atoms with Crippen LogP contribution in [0.4, 0.5) is 0 Å². The fraction of sp³-hybridized carbons (Fsp3) is 0.231. The lowest BCUT2D eigenvalue weighted by molar-refractivity contribution is 0.101. The van der Waals surface area contributed by atoms with Crippen molar-refractivity contribution in [1.82, 2.24) is 10.2 Å². The van der Waals surface area contributed by atoms with Crippen LogP contribution in [0.15, 0.2) is 34.8 Å². The zero-order valence-corrected chi connectivity index (χ0v) is 11.7. The smallest absolute Gasteiger partial charge is 0.159 e. The zero-order valence-electron chi connectivity index (χ0n) is 10.1. The summed E-state index contributed by atoms with van der Waals surface area (Å²) in [7, 11) is 0. The molecule has 4 heteroatoms. The number of aromatic amines is 1. The van der Waals surface area contributed by atoms with Crippen LogP contribution in [0.2, 0.25) is 0 Å². The number of rotatable bonds is 1. The van der Waals surface area contributed by atoms with E-state index in [1.165, 1.54) is 0 Å². The van der Waals surface area contributed by atoms with Gasteiger partial charge >= 0.3 is 0 Å². The fourth-order valence-electron chi connectivity index (χ4n) is 1.21. The van der Waals surface area contributed by atoms with Gasteiger partial charge in [-0.15, -0.1) is 0 Å². The Labute approximate surface area is 109 Å². The summed E-state index contributed by atoms with van der Waals surface area (Å²) in [4.78, 5) is 10.6. The fourth-order valence-corrected chi connectivity index (χ4v) is 1.39. The number of Topliss-reactive ketones (excluding diaryl/α,β-unsaturated/α-hetero) is 1. The predicted octanol–water partition coefficient (Wildman–Crippen LogP) is 3.68. The first kappa shape index (κ1) is 13.6. The minimum absolute atomic E-state index is 0.121. The maximum atomic E-state index is 10.6. The van der Waals surface area contributed by atoms with E-state index in [4.69, 9.17) is 0 Å². The Morgan fingerprint density at radius 3 is 2.06 bits per heavy atom. The molecule has 0 saturated heterocycles. The van der Waals surface area contributed by atoms with E-state index in [9.17, 15) is 4.79 Å². The van der Waals surface area contributed by atoms with Crippen LogP contribution in [0.25, 0.3) is 0 Å². The van der Waals surface area contributed by atoms with E-state index in [1.807, 2.05) is 44.2 Å². The molecular weight excluding hydrogens is 280 g/mol. The van der Waals surface area contributed by atoms with Crippen molar-refractivity contribution < 1.29 is 4.79 Å². The molecule has 3 nitrogen and oxygen atoms in total. The average Bonchev–Trinajstić information content (AvgIpc) is 2.62. The number of ketones is 1. The van der Waals surface area contributed by atoms with Crippen molar-refractivity contribution in [3.05, 3.63) is 51.8 Å². The van der Waals surface area contributed by atoms with Gasteiger partial charge in [0.15, 0.2) is 5.78 Å². The van der Waals surface area contributed by atoms with Gasteiger partial charge in [0.2, 0.25) is 0 Å². The summed E-state index contributed by atoms with van der Waals surface area (Å²) in [6, 6.07) is 9.23. The summed E-state index contributed by atoms with van der Waals surface area (Å²) in [5.74, 6) is 0.121. The van der Waals surface area contributed by atoms with Crippen LogP contribution in [0.5, 0.6) is 0 Å². The molecule has 0 saturated carbocycles. The third-order valence-electron chi connectivity index (χ3n) is 2.22. The number of H-pyrrole nitrogens is 1. The van der Waals surface area contributed by atoms with E-state index in [0.29, 0.717) is 0 Å². The molecule has 0 atom stereocenters. The van der Waals surface area contributed by atoms with E-state index >= 15 is 0 Å². The lowest BCUT2D eigenvalue weighted by Gasteiger charge is -1.89. The SMILES string of the molecule is CC(=O)c1ccccc1.Cc1n[nH]c(C)c1Br. The van der Waals surface area contributed by atoms with Crippen LogP contribution < -0.4 is 0 Å². The molecule has 90 valence electrons. The standard InChI is InChI=1S/C8H8O.C5H7BrN2/c1-7(9)8-5-3-2-4-6-8;1-3-5(6)4(2)8-7-3/h2-6H,1H3;1-2H3,(H,7,8). The molecule has 0 radical (unpaired) electrons. The molecule has 0 bridgehead atoms. The Morgan fingerprint density at radius 1 is 1.24 bits per heavy atom. The highest BCUT2D eigenvalue weighted by Crippen LogP contribution is 2.15. The Kier molecular flexibility index (Phi) is 5.10. The molecule has 0 amide bonds. The summed E-state index contributed by atoms with van der Waals surface area (Å²) < 4.78 is 1.08. The normalized spacial score (nSPS) is 9.41. The van der Waals surface area contributed by atoms with Gasteiger partial charge in [-0.1, -0.05) is 30.3 Å². The van der Waals surface area contributed by atoms with Crippen LogP contribution >= 0.6 is 15.9 Å². The minimum Gasteiger partial charge on any atom is -0.295 e. The Balaban J connectivity index is 0.000000171. The lowest BCUT2D eigenvalue weighted by atomic mass is 10.2. The number of nitrogens with zero attached hydrogens (tertiary/aromatic N) is 1. The van der Waals surface area contributed by atoms with Crippen molar-refractivity contribution in [3.8, 4) is 0 Å². The molecule has 0 fully saturated rings. The summed E-state index contributed by atoms with van der Waals surface area (Å²) in [5, 5.41) is 6.78. The lowest BCUT2D eigenvalue weighted by Crippen LogP contribution is -1.88. The van der Waals surface area contributed by atoms with E-state index in [0.717, 1.165) is 21.4 Å². The molecule has 2 aromatic rings. The highest BCUT2D eigenvalue weighted by Gasteiger charge is 1.98. The van der Waals surface area contributed by atoms with Crippen molar-refractivity contribution in [1.29, 1.82) is 0 Å².